The monoisotopic (exact) mass is 461 g/mol. The summed E-state index contributed by atoms with van der Waals surface area (Å²) in [7, 11) is 0. The van der Waals surface area contributed by atoms with Crippen molar-refractivity contribution in [2.75, 3.05) is 0 Å². The number of hydrogen-bond donors (Lipinski definition) is 2. The number of fused-ring (bicyclic) bond motifs is 1. The molecule has 1 unspecified atom stereocenters. The van der Waals surface area contributed by atoms with Crippen LogP contribution in [0.1, 0.15) is 87.5 Å². The lowest BCUT2D eigenvalue weighted by Crippen LogP contribution is -2.65. The molecule has 9 heteroatoms. The van der Waals surface area contributed by atoms with Crippen molar-refractivity contribution in [2.24, 2.45) is 23.0 Å². The van der Waals surface area contributed by atoms with Crippen molar-refractivity contribution < 1.29 is 18.0 Å². The van der Waals surface area contributed by atoms with Crippen molar-refractivity contribution in [3.63, 3.8) is 0 Å². The molecule has 7 rings (SSSR count). The molecule has 3 N–H and O–H groups in total. The summed E-state index contributed by atoms with van der Waals surface area (Å²) in [6.07, 6.45) is 8.10. The van der Waals surface area contributed by atoms with E-state index in [4.69, 9.17) is 5.73 Å². The van der Waals surface area contributed by atoms with Gasteiger partial charge in [-0.05, 0) is 73.8 Å². The molecule has 0 aromatic carbocycles. The van der Waals surface area contributed by atoms with Gasteiger partial charge in [0.25, 0.3) is 0 Å². The first kappa shape index (κ1) is 21.4. The highest BCUT2D eigenvalue weighted by Crippen LogP contribution is 2.71. The van der Waals surface area contributed by atoms with E-state index >= 15 is 0 Å². The molecule has 5 aliphatic carbocycles. The molecule has 0 radical (unpaired) electrons. The van der Waals surface area contributed by atoms with E-state index in [0.29, 0.717) is 55.8 Å². The second-order valence-electron chi connectivity index (χ2n) is 11.2. The van der Waals surface area contributed by atoms with E-state index in [-0.39, 0.29) is 36.1 Å². The third kappa shape index (κ3) is 3.92. The Hall–Kier alpha value is -2.16. The number of nitrogens with one attached hydrogen (secondary N) is 1. The van der Waals surface area contributed by atoms with Crippen LogP contribution in [0.5, 0.6) is 0 Å². The Morgan fingerprint density at radius 2 is 1.85 bits per heavy atom. The normalized spacial score (nSPS) is 32.6. The quantitative estimate of drug-likeness (QED) is 0.640. The molecule has 0 saturated heterocycles. The zero-order valence-corrected chi connectivity index (χ0v) is 18.6. The first-order valence-electron chi connectivity index (χ1n) is 12.1. The van der Waals surface area contributed by atoms with Gasteiger partial charge in [0.1, 0.15) is 5.67 Å². The lowest BCUT2D eigenvalue weighted by atomic mass is 9.41. The molecule has 2 aromatic rings. The molecule has 5 fully saturated rings. The van der Waals surface area contributed by atoms with Crippen LogP contribution in [0.25, 0.3) is 5.65 Å². The number of nitrogens with zero attached hydrogens (tertiary/aromatic N) is 3. The average molecular weight is 462 g/mol. The number of aromatic nitrogens is 3. The largest absolute Gasteiger partial charge is 0.349 e. The highest BCUT2D eigenvalue weighted by atomic mass is 19.3. The molecule has 2 bridgehead atoms. The molecule has 2 heterocycles. The van der Waals surface area contributed by atoms with E-state index in [0.717, 1.165) is 18.4 Å². The average Bonchev–Trinajstić information content (AvgIpc) is 3.47. The van der Waals surface area contributed by atoms with E-state index in [9.17, 15) is 18.0 Å². The topological polar surface area (TPSA) is 85.3 Å². The number of imidazole rings is 1. The molecule has 0 aliphatic heterocycles. The van der Waals surface area contributed by atoms with Crippen molar-refractivity contribution in [1.29, 1.82) is 0 Å². The predicted molar refractivity (Wildman–Crippen MR) is 115 cm³/mol. The van der Waals surface area contributed by atoms with Crippen LogP contribution in [0.2, 0.25) is 0 Å². The summed E-state index contributed by atoms with van der Waals surface area (Å²) in [5.74, 6) is -2.25. The van der Waals surface area contributed by atoms with Crippen molar-refractivity contribution in [1.82, 2.24) is 19.9 Å². The molecule has 5 saturated carbocycles. The van der Waals surface area contributed by atoms with Gasteiger partial charge < -0.3 is 11.1 Å². The second kappa shape index (κ2) is 7.17. The van der Waals surface area contributed by atoms with E-state index in [2.05, 4.69) is 15.4 Å². The van der Waals surface area contributed by atoms with Crippen LogP contribution in [0.4, 0.5) is 13.2 Å². The van der Waals surface area contributed by atoms with Gasteiger partial charge in [-0.15, -0.1) is 0 Å². The number of amides is 1. The van der Waals surface area contributed by atoms with Gasteiger partial charge in [-0.25, -0.2) is 22.7 Å². The van der Waals surface area contributed by atoms with Crippen molar-refractivity contribution in [3.8, 4) is 0 Å². The number of nitrogens with two attached hydrogens (primary N) is 1. The zero-order valence-electron chi connectivity index (χ0n) is 18.6. The molecule has 1 amide bonds. The van der Waals surface area contributed by atoms with Gasteiger partial charge in [-0.2, -0.15) is 5.10 Å². The van der Waals surface area contributed by atoms with Gasteiger partial charge in [0.05, 0.1) is 30.2 Å². The third-order valence-corrected chi connectivity index (χ3v) is 8.35. The molecule has 2 atom stereocenters. The molecule has 178 valence electrons. The summed E-state index contributed by atoms with van der Waals surface area (Å²) >= 11 is 0. The number of rotatable bonds is 7. The number of carbonyl (C=O) groups is 1. The fourth-order valence-electron chi connectivity index (χ4n) is 6.42. The lowest BCUT2D eigenvalue weighted by molar-refractivity contribution is -0.215. The number of hydrogen-bond acceptors (Lipinski definition) is 4. The van der Waals surface area contributed by atoms with Gasteiger partial charge in [0.15, 0.2) is 5.65 Å². The third-order valence-electron chi connectivity index (χ3n) is 8.35. The highest BCUT2D eigenvalue weighted by Gasteiger charge is 2.69. The Labute approximate surface area is 190 Å². The van der Waals surface area contributed by atoms with Gasteiger partial charge in [0, 0.05) is 19.3 Å². The lowest BCUT2D eigenvalue weighted by Gasteiger charge is -2.65. The van der Waals surface area contributed by atoms with E-state index in [1.165, 1.54) is 0 Å². The summed E-state index contributed by atoms with van der Waals surface area (Å²) < 4.78 is 42.5. The van der Waals surface area contributed by atoms with Crippen molar-refractivity contribution >= 4 is 11.6 Å². The Kier molecular flexibility index (Phi) is 4.64. The van der Waals surface area contributed by atoms with Crippen LogP contribution in [-0.4, -0.2) is 32.1 Å². The fourth-order valence-corrected chi connectivity index (χ4v) is 6.42. The smallest absolute Gasteiger partial charge is 0.248 e. The SMILES string of the molecule is N[C@H](c1cn2ncc(C(NC(=O)C[C@]34C[C@@](F)(C3)C4)C3CC3)cc2n1)C1CCC(F)(F)CC1. The Morgan fingerprint density at radius 1 is 1.15 bits per heavy atom. The van der Waals surface area contributed by atoms with Gasteiger partial charge in [-0.1, -0.05) is 0 Å². The number of halogens is 3. The van der Waals surface area contributed by atoms with Crippen LogP contribution < -0.4 is 11.1 Å². The fraction of sp³-hybridized carbons (Fsp3) is 0.708. The Bertz CT molecular complexity index is 1070. The summed E-state index contributed by atoms with van der Waals surface area (Å²) in [5.41, 5.74) is 7.49. The minimum Gasteiger partial charge on any atom is -0.349 e. The maximum atomic E-state index is 13.8. The minimum atomic E-state index is -2.58. The Morgan fingerprint density at radius 3 is 2.48 bits per heavy atom. The number of alkyl halides is 3. The van der Waals surface area contributed by atoms with Crippen molar-refractivity contribution in [3.05, 3.63) is 29.7 Å². The zero-order chi connectivity index (χ0) is 23.0. The second-order valence-corrected chi connectivity index (χ2v) is 11.2. The first-order chi connectivity index (χ1) is 15.6. The van der Waals surface area contributed by atoms with E-state index in [1.54, 1.807) is 16.9 Å². The van der Waals surface area contributed by atoms with Crippen LogP contribution in [0, 0.1) is 17.3 Å². The summed E-state index contributed by atoms with van der Waals surface area (Å²) in [5, 5.41) is 7.66. The molecular weight excluding hydrogens is 431 g/mol. The predicted octanol–water partition coefficient (Wildman–Crippen LogP) is 4.40. The summed E-state index contributed by atoms with van der Waals surface area (Å²) in [6, 6.07) is 1.40. The summed E-state index contributed by atoms with van der Waals surface area (Å²) in [6.45, 7) is 0. The standard InChI is InChI=1S/C24H30F3N5O/c25-23-11-22(12-23,13-23)8-19(33)31-21(15-1-2-15)16-7-18-30-17(10-32(18)29-9-16)20(28)14-3-5-24(26,27)6-4-14/h7,9-10,14-15,20-21H,1-6,8,11-13,28H2,(H,31,33)/t20-,21?,22-,23+/m0/s1. The maximum Gasteiger partial charge on any atom is 0.248 e. The minimum absolute atomic E-state index is 0.0197. The maximum absolute atomic E-state index is 13.8. The van der Waals surface area contributed by atoms with Crippen LogP contribution in [0.15, 0.2) is 18.5 Å². The van der Waals surface area contributed by atoms with Crippen LogP contribution in [0.3, 0.4) is 0 Å². The number of carbonyl (C=O) groups excluding carboxylic acids is 1. The molecule has 2 aromatic heterocycles. The molecule has 0 spiro atoms. The first-order valence-corrected chi connectivity index (χ1v) is 12.1. The molecule has 6 nitrogen and oxygen atoms in total. The van der Waals surface area contributed by atoms with Crippen LogP contribution in [-0.2, 0) is 4.79 Å². The molecule has 33 heavy (non-hydrogen) atoms. The van der Waals surface area contributed by atoms with Gasteiger partial charge in [0.2, 0.25) is 11.8 Å². The molecule has 5 aliphatic rings. The highest BCUT2D eigenvalue weighted by molar-refractivity contribution is 5.78. The van der Waals surface area contributed by atoms with Gasteiger partial charge >= 0.3 is 0 Å². The van der Waals surface area contributed by atoms with Crippen molar-refractivity contribution in [2.45, 2.75) is 87.9 Å². The molecular formula is C24H30F3N5O. The van der Waals surface area contributed by atoms with Gasteiger partial charge in [-0.3, -0.25) is 4.79 Å². The van der Waals surface area contributed by atoms with E-state index < -0.39 is 17.6 Å². The van der Waals surface area contributed by atoms with Crippen LogP contribution >= 0.6 is 0 Å². The Balaban J connectivity index is 1.16. The van der Waals surface area contributed by atoms with E-state index in [1.807, 2.05) is 6.07 Å². The summed E-state index contributed by atoms with van der Waals surface area (Å²) in [4.78, 5) is 17.4.